The summed E-state index contributed by atoms with van der Waals surface area (Å²) in [6.45, 7) is 1.17. The first-order valence-electron chi connectivity index (χ1n) is 10.9. The van der Waals surface area contributed by atoms with Crippen LogP contribution in [0.3, 0.4) is 0 Å². The van der Waals surface area contributed by atoms with Gasteiger partial charge in [-0.3, -0.25) is 14.4 Å². The van der Waals surface area contributed by atoms with Gasteiger partial charge in [-0.1, -0.05) is 54.6 Å². The molecule has 2 aromatic rings. The zero-order chi connectivity index (χ0) is 21.6. The van der Waals surface area contributed by atoms with E-state index in [9.17, 15) is 14.4 Å². The maximum Gasteiger partial charge on any atom is 0.240 e. The fourth-order valence-electron chi connectivity index (χ4n) is 4.21. The monoisotopic (exact) mass is 417 g/mol. The largest absolute Gasteiger partial charge is 0.342 e. The summed E-state index contributed by atoms with van der Waals surface area (Å²) in [7, 11) is 0. The summed E-state index contributed by atoms with van der Waals surface area (Å²) in [6.07, 6.45) is 3.59. The standard InChI is InChI=1S/C25H27N3O3/c29-23-14-12-22(26-27-23)13-15-24(30)28-16-4-7-21(17-28)25(31)20-10-8-19(9-11-20)18-5-2-1-3-6-18/h1-3,5-6,8-11,21H,4,7,12-17H2,(H,27,29)/t21-/m1/s1. The summed E-state index contributed by atoms with van der Waals surface area (Å²) in [5.74, 6) is -0.0798. The molecule has 1 N–H and O–H groups in total. The van der Waals surface area contributed by atoms with Crippen LogP contribution in [0.1, 0.15) is 48.9 Å². The van der Waals surface area contributed by atoms with E-state index >= 15 is 0 Å². The van der Waals surface area contributed by atoms with Crippen LogP contribution in [0, 0.1) is 5.92 Å². The average Bonchev–Trinajstić information content (AvgIpc) is 2.84. The summed E-state index contributed by atoms with van der Waals surface area (Å²) < 4.78 is 0. The van der Waals surface area contributed by atoms with Gasteiger partial charge < -0.3 is 4.90 Å². The SMILES string of the molecule is O=C1CCC(CCC(=O)N2CCC[C@@H](C(=O)c3ccc(-c4ccccc4)cc3)C2)=NN1. The Morgan fingerprint density at radius 3 is 2.45 bits per heavy atom. The highest BCUT2D eigenvalue weighted by Gasteiger charge is 2.29. The van der Waals surface area contributed by atoms with Gasteiger partial charge in [0.2, 0.25) is 11.8 Å². The highest BCUT2D eigenvalue weighted by atomic mass is 16.2. The number of hydrogen-bond acceptors (Lipinski definition) is 4. The van der Waals surface area contributed by atoms with Crippen molar-refractivity contribution in [1.29, 1.82) is 0 Å². The first kappa shape index (κ1) is 21.0. The second-order valence-electron chi connectivity index (χ2n) is 8.20. The molecule has 6 nitrogen and oxygen atoms in total. The molecular formula is C25H27N3O3. The van der Waals surface area contributed by atoms with Crippen LogP contribution in [-0.2, 0) is 9.59 Å². The van der Waals surface area contributed by atoms with Gasteiger partial charge >= 0.3 is 0 Å². The van der Waals surface area contributed by atoms with Crippen LogP contribution in [0.25, 0.3) is 11.1 Å². The van der Waals surface area contributed by atoms with Crippen molar-refractivity contribution < 1.29 is 14.4 Å². The minimum Gasteiger partial charge on any atom is -0.342 e. The first-order chi connectivity index (χ1) is 15.1. The number of ketones is 1. The van der Waals surface area contributed by atoms with Gasteiger partial charge in [0.25, 0.3) is 0 Å². The summed E-state index contributed by atoms with van der Waals surface area (Å²) in [4.78, 5) is 38.7. The van der Waals surface area contributed by atoms with E-state index in [-0.39, 0.29) is 23.5 Å². The molecule has 0 bridgehead atoms. The Morgan fingerprint density at radius 1 is 1.00 bits per heavy atom. The predicted octanol–water partition coefficient (Wildman–Crippen LogP) is 3.82. The number of rotatable bonds is 6. The Labute approximate surface area is 182 Å². The van der Waals surface area contributed by atoms with Gasteiger partial charge in [0.05, 0.1) is 0 Å². The lowest BCUT2D eigenvalue weighted by molar-refractivity contribution is -0.132. The normalized spacial score (nSPS) is 18.8. The minimum atomic E-state index is -0.161. The average molecular weight is 418 g/mol. The molecule has 31 heavy (non-hydrogen) atoms. The zero-order valence-electron chi connectivity index (χ0n) is 17.5. The number of carbonyl (C=O) groups excluding carboxylic acids is 3. The molecule has 4 rings (SSSR count). The van der Waals surface area contributed by atoms with Crippen molar-refractivity contribution in [3.8, 4) is 11.1 Å². The highest BCUT2D eigenvalue weighted by Crippen LogP contribution is 2.24. The Hall–Kier alpha value is -3.28. The van der Waals surface area contributed by atoms with Gasteiger partial charge in [0.15, 0.2) is 5.78 Å². The number of hydrogen-bond donors (Lipinski definition) is 1. The van der Waals surface area contributed by atoms with E-state index in [2.05, 4.69) is 10.5 Å². The number of carbonyl (C=O) groups is 3. The summed E-state index contributed by atoms with van der Waals surface area (Å²) in [5.41, 5.74) is 6.23. The third-order valence-corrected chi connectivity index (χ3v) is 6.03. The fraction of sp³-hybridized carbons (Fsp3) is 0.360. The molecule has 2 heterocycles. The van der Waals surface area contributed by atoms with Crippen LogP contribution in [0.2, 0.25) is 0 Å². The van der Waals surface area contributed by atoms with E-state index in [1.165, 1.54) is 0 Å². The smallest absolute Gasteiger partial charge is 0.240 e. The molecule has 0 unspecified atom stereocenters. The van der Waals surface area contributed by atoms with E-state index in [1.807, 2.05) is 59.5 Å². The van der Waals surface area contributed by atoms with E-state index in [0.29, 0.717) is 44.3 Å². The summed E-state index contributed by atoms with van der Waals surface area (Å²) >= 11 is 0. The second-order valence-corrected chi connectivity index (χ2v) is 8.20. The molecule has 0 aromatic heterocycles. The van der Waals surface area contributed by atoms with Gasteiger partial charge in [0.1, 0.15) is 0 Å². The molecule has 0 spiro atoms. The lowest BCUT2D eigenvalue weighted by atomic mass is 9.89. The molecule has 160 valence electrons. The quantitative estimate of drug-likeness (QED) is 0.726. The van der Waals surface area contributed by atoms with Crippen molar-refractivity contribution in [3.63, 3.8) is 0 Å². The molecule has 1 saturated heterocycles. The van der Waals surface area contributed by atoms with Crippen LogP contribution < -0.4 is 5.43 Å². The van der Waals surface area contributed by atoms with Gasteiger partial charge in [-0.2, -0.15) is 5.10 Å². The third-order valence-electron chi connectivity index (χ3n) is 6.03. The lowest BCUT2D eigenvalue weighted by Gasteiger charge is -2.32. The van der Waals surface area contributed by atoms with Gasteiger partial charge in [-0.05, 0) is 36.8 Å². The van der Waals surface area contributed by atoms with E-state index in [1.54, 1.807) is 0 Å². The van der Waals surface area contributed by atoms with Crippen LogP contribution in [0.4, 0.5) is 0 Å². The Kier molecular flexibility index (Phi) is 6.55. The predicted molar refractivity (Wildman–Crippen MR) is 120 cm³/mol. The van der Waals surface area contributed by atoms with Crippen LogP contribution in [-0.4, -0.2) is 41.3 Å². The number of amides is 2. The molecule has 1 fully saturated rings. The Balaban J connectivity index is 1.34. The first-order valence-corrected chi connectivity index (χ1v) is 10.9. The topological polar surface area (TPSA) is 78.8 Å². The molecule has 1 atom stereocenters. The lowest BCUT2D eigenvalue weighted by Crippen LogP contribution is -2.42. The number of likely N-dealkylation sites (tertiary alicyclic amines) is 1. The molecule has 0 saturated carbocycles. The van der Waals surface area contributed by atoms with Gasteiger partial charge in [-0.15, -0.1) is 0 Å². The fourth-order valence-corrected chi connectivity index (χ4v) is 4.21. The van der Waals surface area contributed by atoms with Crippen molar-refractivity contribution in [1.82, 2.24) is 10.3 Å². The number of Topliss-reactive ketones (excluding diaryl/α,β-unsaturated/α-hetero) is 1. The van der Waals surface area contributed by atoms with Crippen molar-refractivity contribution in [3.05, 3.63) is 60.2 Å². The molecule has 2 aliphatic heterocycles. The minimum absolute atomic E-state index is 0.0523. The maximum absolute atomic E-state index is 13.1. The molecule has 6 heteroatoms. The Bertz CT molecular complexity index is 983. The van der Waals surface area contributed by atoms with E-state index in [0.717, 1.165) is 29.7 Å². The van der Waals surface area contributed by atoms with Crippen molar-refractivity contribution in [2.45, 2.75) is 38.5 Å². The molecule has 2 aliphatic rings. The van der Waals surface area contributed by atoms with Crippen LogP contribution >= 0.6 is 0 Å². The number of piperidine rings is 1. The van der Waals surface area contributed by atoms with Gasteiger partial charge in [0, 0.05) is 43.1 Å². The molecule has 2 aromatic carbocycles. The van der Waals surface area contributed by atoms with Crippen molar-refractivity contribution in [2.75, 3.05) is 13.1 Å². The number of nitrogens with zero attached hydrogens (tertiary/aromatic N) is 2. The van der Waals surface area contributed by atoms with Gasteiger partial charge in [-0.25, -0.2) is 5.43 Å². The van der Waals surface area contributed by atoms with E-state index < -0.39 is 0 Å². The maximum atomic E-state index is 13.1. The number of hydrazone groups is 1. The Morgan fingerprint density at radius 2 is 1.74 bits per heavy atom. The van der Waals surface area contributed by atoms with Crippen molar-refractivity contribution in [2.24, 2.45) is 11.0 Å². The molecule has 2 amide bonds. The van der Waals surface area contributed by atoms with E-state index in [4.69, 9.17) is 0 Å². The third kappa shape index (κ3) is 5.26. The molecule has 0 aliphatic carbocycles. The van der Waals surface area contributed by atoms with Crippen LogP contribution in [0.15, 0.2) is 59.7 Å². The number of nitrogens with one attached hydrogen (secondary N) is 1. The highest BCUT2D eigenvalue weighted by molar-refractivity contribution is 5.99. The zero-order valence-corrected chi connectivity index (χ0v) is 17.5. The van der Waals surface area contributed by atoms with Crippen LogP contribution in [0.5, 0.6) is 0 Å². The molecular weight excluding hydrogens is 390 g/mol. The van der Waals surface area contributed by atoms with Crippen molar-refractivity contribution >= 4 is 23.3 Å². The second kappa shape index (κ2) is 9.69. The number of benzene rings is 2. The summed E-state index contributed by atoms with van der Waals surface area (Å²) in [6, 6.07) is 17.8. The summed E-state index contributed by atoms with van der Waals surface area (Å²) in [5, 5.41) is 4.03. The molecule has 0 radical (unpaired) electrons.